The predicted octanol–water partition coefficient (Wildman–Crippen LogP) is 8.79. The first-order chi connectivity index (χ1) is 23.0. The summed E-state index contributed by atoms with van der Waals surface area (Å²) in [6.45, 7) is 23.1. The van der Waals surface area contributed by atoms with Crippen molar-refractivity contribution in [3.8, 4) is 0 Å². The van der Waals surface area contributed by atoms with Gasteiger partial charge in [-0.2, -0.15) is 0 Å². The Morgan fingerprint density at radius 2 is 1.61 bits per heavy atom. The number of halogens is 1. The molecule has 9 atom stereocenters. The fourth-order valence-corrected chi connectivity index (χ4v) is 15.2. The Labute approximate surface area is 302 Å². The van der Waals surface area contributed by atoms with E-state index in [0.717, 1.165) is 19.5 Å². The molecule has 49 heavy (non-hydrogen) atoms. The van der Waals surface area contributed by atoms with Crippen molar-refractivity contribution in [2.24, 2.45) is 51.2 Å². The number of nitrogens with zero attached hydrogens (tertiary/aromatic N) is 1. The van der Waals surface area contributed by atoms with Crippen molar-refractivity contribution in [2.45, 2.75) is 105 Å². The Kier molecular flexibility index (Phi) is 9.02. The van der Waals surface area contributed by atoms with Crippen LogP contribution in [-0.4, -0.2) is 61.8 Å². The van der Waals surface area contributed by atoms with Crippen LogP contribution in [0.2, 0.25) is 0 Å². The first-order valence-electron chi connectivity index (χ1n) is 19.3. The van der Waals surface area contributed by atoms with Gasteiger partial charge in [-0.15, -0.1) is 0 Å². The van der Waals surface area contributed by atoms with Crippen molar-refractivity contribution in [1.29, 1.82) is 0 Å². The molecule has 1 aliphatic heterocycles. The lowest BCUT2D eigenvalue weighted by Gasteiger charge is -2.72. The Morgan fingerprint density at radius 3 is 2.27 bits per heavy atom. The Balaban J connectivity index is 1.15. The Bertz CT molecular complexity index is 1620. The first-order valence-corrected chi connectivity index (χ1v) is 21.5. The van der Waals surface area contributed by atoms with Gasteiger partial charge in [0.25, 0.3) is 5.24 Å². The quantitative estimate of drug-likeness (QED) is 0.227. The third-order valence-electron chi connectivity index (χ3n) is 16.4. The van der Waals surface area contributed by atoms with Gasteiger partial charge in [0.05, 0.1) is 11.5 Å². The maximum atomic E-state index is 12.0. The second-order valence-corrected chi connectivity index (χ2v) is 21.3. The van der Waals surface area contributed by atoms with Gasteiger partial charge < -0.3 is 10.2 Å². The van der Waals surface area contributed by atoms with Gasteiger partial charge in [0.1, 0.15) is 0 Å². The largest absolute Gasteiger partial charge is 0.310 e. The molecule has 7 heteroatoms. The van der Waals surface area contributed by atoms with Gasteiger partial charge >= 0.3 is 0 Å². The van der Waals surface area contributed by atoms with E-state index in [0.29, 0.717) is 65.2 Å². The van der Waals surface area contributed by atoms with Crippen molar-refractivity contribution >= 4 is 32.3 Å². The van der Waals surface area contributed by atoms with E-state index in [9.17, 15) is 13.2 Å². The minimum absolute atomic E-state index is 0.0409. The molecule has 4 saturated carbocycles. The molecule has 6 aliphatic rings. The molecule has 0 bridgehead atoms. The molecule has 1 saturated heterocycles. The van der Waals surface area contributed by atoms with E-state index >= 15 is 0 Å². The molecule has 0 amide bonds. The molecule has 270 valence electrons. The average molecular weight is 709 g/mol. The van der Waals surface area contributed by atoms with E-state index in [1.807, 2.05) is 12.1 Å². The summed E-state index contributed by atoms with van der Waals surface area (Å²) < 4.78 is 24.0. The molecule has 5 nitrogen and oxygen atoms in total. The predicted molar refractivity (Wildman–Crippen MR) is 202 cm³/mol. The highest BCUT2D eigenvalue weighted by Gasteiger charge is 2.70. The number of rotatable bonds is 7. The fourth-order valence-electron chi connectivity index (χ4n) is 13.8. The van der Waals surface area contributed by atoms with Crippen LogP contribution in [0, 0.1) is 51.2 Å². The van der Waals surface area contributed by atoms with Crippen LogP contribution in [0.4, 0.5) is 0 Å². The second kappa shape index (κ2) is 12.3. The lowest BCUT2D eigenvalue weighted by Crippen LogP contribution is -2.68. The zero-order chi connectivity index (χ0) is 35.2. The van der Waals surface area contributed by atoms with Crippen LogP contribution < -0.4 is 5.32 Å². The monoisotopic (exact) mass is 708 g/mol. The molecule has 1 aromatic rings. The van der Waals surface area contributed by atoms with Crippen LogP contribution >= 0.6 is 11.6 Å². The topological polar surface area (TPSA) is 66.5 Å². The molecular weight excluding hydrogens is 648 g/mol. The lowest BCUT2D eigenvalue weighted by atomic mass is 9.33. The molecule has 5 aliphatic carbocycles. The average Bonchev–Trinajstić information content (AvgIpc) is 3.42. The molecule has 5 fully saturated rings. The minimum atomic E-state index is -2.86. The van der Waals surface area contributed by atoms with Crippen LogP contribution in [0.5, 0.6) is 0 Å². The molecule has 1 heterocycles. The summed E-state index contributed by atoms with van der Waals surface area (Å²) in [5, 5.41) is 3.82. The molecule has 7 rings (SSSR count). The van der Waals surface area contributed by atoms with Crippen LogP contribution in [0.25, 0.3) is 5.57 Å². The molecular formula is C42H61ClN2O3S. The van der Waals surface area contributed by atoms with Gasteiger partial charge in [0, 0.05) is 37.3 Å². The normalized spacial score (nSPS) is 42.6. The summed E-state index contributed by atoms with van der Waals surface area (Å²) in [5.41, 5.74) is 5.62. The molecule has 1 aromatic carbocycles. The summed E-state index contributed by atoms with van der Waals surface area (Å²) in [4.78, 5) is 14.1. The zero-order valence-electron chi connectivity index (χ0n) is 31.0. The minimum Gasteiger partial charge on any atom is -0.310 e. The third-order valence-corrected chi connectivity index (χ3v) is 18.2. The van der Waals surface area contributed by atoms with Crippen LogP contribution in [0.3, 0.4) is 0 Å². The van der Waals surface area contributed by atoms with Gasteiger partial charge in [-0.1, -0.05) is 65.0 Å². The second-order valence-electron chi connectivity index (χ2n) is 18.7. The number of carbonyl (C=O) groups is 1. The van der Waals surface area contributed by atoms with Gasteiger partial charge in [0.2, 0.25) is 0 Å². The highest BCUT2D eigenvalue weighted by molar-refractivity contribution is 7.91. The number of carbonyl (C=O) groups excluding carboxylic acids is 1. The first kappa shape index (κ1) is 35.9. The van der Waals surface area contributed by atoms with Gasteiger partial charge in [-0.25, -0.2) is 8.42 Å². The smallest absolute Gasteiger partial charge is 0.252 e. The standard InChI is InChI=1S/C42H61ClN2O3S/c1-28(2)31-14-19-42(44-22-23-45-24-26-49(47,48)27-25-45)21-20-40(6)33(36(31)42)12-13-35-39(5)17-15-32(29-8-10-30(11-9-29)37(43)46)38(3,4)34(39)16-18-41(35,40)7/h8-11,15,31,33-36,44H,1,12-14,16-27H2,2-7H3/t31-,33+,34-,35+,36+,39-,40+,41+,42-/m0/s1. The molecule has 0 radical (unpaired) electrons. The van der Waals surface area contributed by atoms with Crippen LogP contribution in [-0.2, 0) is 9.84 Å². The molecule has 0 unspecified atom stereocenters. The zero-order valence-corrected chi connectivity index (χ0v) is 32.6. The highest BCUT2D eigenvalue weighted by Crippen LogP contribution is 2.76. The summed E-state index contributed by atoms with van der Waals surface area (Å²) >= 11 is 5.78. The SMILES string of the molecule is C=C(C)[C@@H]1CC[C@]2(NCCN3CCS(=O)(=O)CC3)CC[C@]3(C)[C@H](CC[C@@H]4[C@@]5(C)CC=C(c6ccc(C(=O)Cl)cc6)C(C)(C)[C@@H]5CC[C@]43C)[C@@H]12. The number of allylic oxidation sites excluding steroid dienone is 3. The third kappa shape index (κ3) is 5.59. The summed E-state index contributed by atoms with van der Waals surface area (Å²) in [5.74, 6) is 3.78. The number of sulfone groups is 1. The molecule has 0 aromatic heterocycles. The van der Waals surface area contributed by atoms with Crippen molar-refractivity contribution in [3.63, 3.8) is 0 Å². The van der Waals surface area contributed by atoms with E-state index in [1.54, 1.807) is 0 Å². The number of hydrogen-bond acceptors (Lipinski definition) is 5. The maximum Gasteiger partial charge on any atom is 0.252 e. The maximum absolute atomic E-state index is 12.0. The van der Waals surface area contributed by atoms with Crippen molar-refractivity contribution in [2.75, 3.05) is 37.7 Å². The number of hydrogen-bond donors (Lipinski definition) is 1. The van der Waals surface area contributed by atoms with Gasteiger partial charge in [-0.05, 0) is 151 Å². The molecule has 0 spiro atoms. The lowest BCUT2D eigenvalue weighted by molar-refractivity contribution is -0.219. The van der Waals surface area contributed by atoms with Crippen molar-refractivity contribution in [3.05, 3.63) is 53.6 Å². The number of benzene rings is 1. The number of nitrogens with one attached hydrogen (secondary N) is 1. The van der Waals surface area contributed by atoms with E-state index in [4.69, 9.17) is 11.6 Å². The van der Waals surface area contributed by atoms with Crippen LogP contribution in [0.15, 0.2) is 42.5 Å². The summed E-state index contributed by atoms with van der Waals surface area (Å²) in [6.07, 6.45) is 13.9. The van der Waals surface area contributed by atoms with Crippen molar-refractivity contribution in [1.82, 2.24) is 10.2 Å². The van der Waals surface area contributed by atoms with E-state index < -0.39 is 15.1 Å². The highest BCUT2D eigenvalue weighted by atomic mass is 35.5. The Hall–Kier alpha value is -1.47. The van der Waals surface area contributed by atoms with E-state index in [1.165, 1.54) is 68.1 Å². The summed E-state index contributed by atoms with van der Waals surface area (Å²) in [6, 6.07) is 7.97. The molecule has 1 N–H and O–H groups in total. The summed E-state index contributed by atoms with van der Waals surface area (Å²) in [7, 11) is -2.86. The van der Waals surface area contributed by atoms with E-state index in [-0.39, 0.29) is 21.8 Å². The van der Waals surface area contributed by atoms with Gasteiger partial charge in [-0.3, -0.25) is 4.79 Å². The van der Waals surface area contributed by atoms with Gasteiger partial charge in [0.15, 0.2) is 9.84 Å². The van der Waals surface area contributed by atoms with E-state index in [2.05, 4.69) is 76.5 Å². The number of fused-ring (bicyclic) bond motifs is 7. The Morgan fingerprint density at radius 1 is 0.918 bits per heavy atom. The van der Waals surface area contributed by atoms with Crippen molar-refractivity contribution < 1.29 is 13.2 Å². The fraction of sp³-hybridized carbons (Fsp3) is 0.738. The van der Waals surface area contributed by atoms with Crippen LogP contribution in [0.1, 0.15) is 115 Å².